The third kappa shape index (κ3) is 3.90. The largest absolute Gasteiger partial charge is 0.316 e. The molecule has 0 aliphatic carbocycles. The summed E-state index contributed by atoms with van der Waals surface area (Å²) < 4.78 is 2.01. The molecule has 0 spiro atoms. The van der Waals surface area contributed by atoms with Gasteiger partial charge in [0.2, 0.25) is 0 Å². The van der Waals surface area contributed by atoms with Crippen LogP contribution in [0.25, 0.3) is 0 Å². The van der Waals surface area contributed by atoms with E-state index in [4.69, 9.17) is 11.6 Å². The lowest BCUT2D eigenvalue weighted by molar-refractivity contribution is 0.556. The van der Waals surface area contributed by atoms with E-state index in [1.54, 1.807) is 0 Å². The highest BCUT2D eigenvalue weighted by Gasteiger charge is 2.16. The third-order valence-corrected chi connectivity index (χ3v) is 4.36. The fourth-order valence-electron chi connectivity index (χ4n) is 1.80. The van der Waals surface area contributed by atoms with Gasteiger partial charge in [0.25, 0.3) is 0 Å². The molecule has 0 aliphatic rings. The van der Waals surface area contributed by atoms with Crippen molar-refractivity contribution in [1.82, 2.24) is 15.1 Å². The Morgan fingerprint density at radius 2 is 2.18 bits per heavy atom. The van der Waals surface area contributed by atoms with Crippen molar-refractivity contribution in [2.45, 2.75) is 39.8 Å². The highest BCUT2D eigenvalue weighted by atomic mass is 35.5. The van der Waals surface area contributed by atoms with E-state index in [9.17, 15) is 0 Å². The van der Waals surface area contributed by atoms with Crippen LogP contribution in [0.2, 0.25) is 5.02 Å². The van der Waals surface area contributed by atoms with Gasteiger partial charge in [0.05, 0.1) is 16.4 Å². The molecule has 0 aromatic carbocycles. The number of nitrogens with one attached hydrogen (secondary N) is 1. The normalized spacial score (nSPS) is 13.0. The molecule has 0 saturated carbocycles. The van der Waals surface area contributed by atoms with Crippen LogP contribution in [0.4, 0.5) is 0 Å². The van der Waals surface area contributed by atoms with Gasteiger partial charge in [-0.05, 0) is 26.6 Å². The quantitative estimate of drug-likeness (QED) is 0.830. The van der Waals surface area contributed by atoms with Crippen molar-refractivity contribution in [1.29, 1.82) is 0 Å². The first-order valence-electron chi connectivity index (χ1n) is 6.10. The van der Waals surface area contributed by atoms with E-state index in [1.807, 2.05) is 30.4 Å². The second kappa shape index (κ2) is 7.29. The van der Waals surface area contributed by atoms with Gasteiger partial charge in [-0.25, -0.2) is 0 Å². The van der Waals surface area contributed by atoms with Crippen molar-refractivity contribution in [2.24, 2.45) is 0 Å². The van der Waals surface area contributed by atoms with E-state index in [-0.39, 0.29) is 0 Å². The molecule has 1 aromatic heterocycles. The van der Waals surface area contributed by atoms with Crippen LogP contribution in [0.15, 0.2) is 0 Å². The van der Waals surface area contributed by atoms with Gasteiger partial charge in [-0.2, -0.15) is 16.9 Å². The highest BCUT2D eigenvalue weighted by molar-refractivity contribution is 7.99. The highest BCUT2D eigenvalue weighted by Crippen LogP contribution is 2.22. The molecule has 0 aliphatic heterocycles. The van der Waals surface area contributed by atoms with E-state index in [2.05, 4.69) is 24.3 Å². The maximum atomic E-state index is 6.31. The Morgan fingerprint density at radius 3 is 2.71 bits per heavy atom. The Kier molecular flexibility index (Phi) is 6.38. The number of halogens is 1. The van der Waals surface area contributed by atoms with Crippen LogP contribution in [-0.4, -0.2) is 34.4 Å². The number of thioether (sulfide) groups is 1. The number of aryl methyl sites for hydroxylation is 2. The summed E-state index contributed by atoms with van der Waals surface area (Å²) in [6.07, 6.45) is 0.941. The molecule has 98 valence electrons. The standard InChI is InChI=1S/C12H22ClN3S/c1-5-16-11(12(13)9(3)15-16)7-10(14-4)8-17-6-2/h10,14H,5-8H2,1-4H3. The van der Waals surface area contributed by atoms with Crippen molar-refractivity contribution < 1.29 is 0 Å². The fraction of sp³-hybridized carbons (Fsp3) is 0.750. The molecular formula is C12H22ClN3S. The van der Waals surface area contributed by atoms with Gasteiger partial charge >= 0.3 is 0 Å². The molecule has 1 rings (SSSR count). The first-order valence-corrected chi connectivity index (χ1v) is 7.64. The summed E-state index contributed by atoms with van der Waals surface area (Å²) in [5.41, 5.74) is 2.09. The average Bonchev–Trinajstić information content (AvgIpc) is 2.61. The summed E-state index contributed by atoms with van der Waals surface area (Å²) in [7, 11) is 2.01. The zero-order chi connectivity index (χ0) is 12.8. The van der Waals surface area contributed by atoms with Crippen molar-refractivity contribution in [2.75, 3.05) is 18.6 Å². The average molecular weight is 276 g/mol. The van der Waals surface area contributed by atoms with E-state index in [0.717, 1.165) is 40.9 Å². The summed E-state index contributed by atoms with van der Waals surface area (Å²) in [6.45, 7) is 7.12. The first-order chi connectivity index (χ1) is 8.13. The molecule has 0 amide bonds. The molecule has 1 N–H and O–H groups in total. The minimum Gasteiger partial charge on any atom is -0.316 e. The SMILES string of the molecule is CCSCC(Cc1c(Cl)c(C)nn1CC)NC. The van der Waals surface area contributed by atoms with Crippen molar-refractivity contribution in [3.63, 3.8) is 0 Å². The molecule has 1 heterocycles. The predicted octanol–water partition coefficient (Wildman–Crippen LogP) is 2.75. The molecule has 0 fully saturated rings. The number of likely N-dealkylation sites (N-methyl/N-ethyl adjacent to an activating group) is 1. The Morgan fingerprint density at radius 1 is 1.47 bits per heavy atom. The molecule has 0 saturated heterocycles. The molecule has 5 heteroatoms. The van der Waals surface area contributed by atoms with Crippen LogP contribution in [0.5, 0.6) is 0 Å². The lowest BCUT2D eigenvalue weighted by Crippen LogP contribution is -2.31. The zero-order valence-corrected chi connectivity index (χ0v) is 12.7. The number of hydrogen-bond donors (Lipinski definition) is 1. The lowest BCUT2D eigenvalue weighted by Gasteiger charge is -2.16. The first kappa shape index (κ1) is 14.9. The Bertz CT molecular complexity index is 352. The topological polar surface area (TPSA) is 29.9 Å². The molecule has 17 heavy (non-hydrogen) atoms. The summed E-state index contributed by atoms with van der Waals surface area (Å²) in [5, 5.41) is 8.63. The van der Waals surface area contributed by atoms with Gasteiger partial charge in [0, 0.05) is 24.8 Å². The minimum atomic E-state index is 0.457. The van der Waals surface area contributed by atoms with E-state index in [0.29, 0.717) is 6.04 Å². The van der Waals surface area contributed by atoms with E-state index in [1.165, 1.54) is 0 Å². The molecule has 0 bridgehead atoms. The maximum Gasteiger partial charge on any atom is 0.0847 e. The molecule has 3 nitrogen and oxygen atoms in total. The van der Waals surface area contributed by atoms with Crippen molar-refractivity contribution >= 4 is 23.4 Å². The van der Waals surface area contributed by atoms with Crippen LogP contribution in [0, 0.1) is 6.92 Å². The minimum absolute atomic E-state index is 0.457. The summed E-state index contributed by atoms with van der Waals surface area (Å²) >= 11 is 8.26. The Hall–Kier alpha value is -0.190. The third-order valence-electron chi connectivity index (χ3n) is 2.82. The van der Waals surface area contributed by atoms with Crippen LogP contribution >= 0.6 is 23.4 Å². The van der Waals surface area contributed by atoms with E-state index < -0.39 is 0 Å². The number of rotatable bonds is 7. The van der Waals surface area contributed by atoms with Crippen LogP contribution in [0.1, 0.15) is 25.2 Å². The van der Waals surface area contributed by atoms with E-state index >= 15 is 0 Å². The number of nitrogens with zero attached hydrogens (tertiary/aromatic N) is 2. The second-order valence-electron chi connectivity index (χ2n) is 4.01. The van der Waals surface area contributed by atoms with Gasteiger partial charge in [0.15, 0.2) is 0 Å². The van der Waals surface area contributed by atoms with Gasteiger partial charge in [0.1, 0.15) is 0 Å². The summed E-state index contributed by atoms with van der Waals surface area (Å²) in [4.78, 5) is 0. The van der Waals surface area contributed by atoms with Crippen LogP contribution in [0.3, 0.4) is 0 Å². The molecule has 1 aromatic rings. The summed E-state index contributed by atoms with van der Waals surface area (Å²) in [6, 6.07) is 0.457. The van der Waals surface area contributed by atoms with Crippen LogP contribution < -0.4 is 5.32 Å². The van der Waals surface area contributed by atoms with Crippen molar-refractivity contribution in [3.05, 3.63) is 16.4 Å². The zero-order valence-electron chi connectivity index (χ0n) is 11.1. The number of aromatic nitrogens is 2. The molecule has 1 unspecified atom stereocenters. The van der Waals surface area contributed by atoms with Crippen LogP contribution in [-0.2, 0) is 13.0 Å². The van der Waals surface area contributed by atoms with Crippen molar-refractivity contribution in [3.8, 4) is 0 Å². The fourth-order valence-corrected chi connectivity index (χ4v) is 2.82. The monoisotopic (exact) mass is 275 g/mol. The second-order valence-corrected chi connectivity index (χ2v) is 5.71. The molecular weight excluding hydrogens is 254 g/mol. The lowest BCUT2D eigenvalue weighted by atomic mass is 10.1. The molecule has 1 atom stereocenters. The smallest absolute Gasteiger partial charge is 0.0847 e. The van der Waals surface area contributed by atoms with Gasteiger partial charge < -0.3 is 5.32 Å². The maximum absolute atomic E-state index is 6.31. The predicted molar refractivity (Wildman–Crippen MR) is 77.2 cm³/mol. The van der Waals surface area contributed by atoms with Gasteiger partial charge in [-0.3, -0.25) is 4.68 Å². The Labute approximate surface area is 113 Å². The van der Waals surface area contributed by atoms with Gasteiger partial charge in [-0.1, -0.05) is 18.5 Å². The summed E-state index contributed by atoms with van der Waals surface area (Å²) in [5.74, 6) is 2.26. The number of hydrogen-bond acceptors (Lipinski definition) is 3. The Balaban J connectivity index is 2.77. The molecule has 0 radical (unpaired) electrons. The van der Waals surface area contributed by atoms with Gasteiger partial charge in [-0.15, -0.1) is 0 Å².